The molecule has 0 bridgehead atoms. The molecule has 92 valence electrons. The molecule has 1 rings (SSSR count). The van der Waals surface area contributed by atoms with Crippen molar-refractivity contribution in [2.45, 2.75) is 25.7 Å². The Hall–Kier alpha value is -1.10. The minimum Gasteiger partial charge on any atom is -0.481 e. The Labute approximate surface area is 95.8 Å². The zero-order valence-electron chi connectivity index (χ0n) is 9.95. The standard InChI is InChI=1S/C11H20N2O3/c1-13(2)7-9(14)12-8-11(10(15)16)5-3-4-6-11/h3-8H2,1-2H3,(H,12,14)(H,15,16). The number of likely N-dealkylation sites (N-methyl/N-ethyl adjacent to an activating group) is 1. The Kier molecular flexibility index (Phi) is 4.29. The summed E-state index contributed by atoms with van der Waals surface area (Å²) in [5.41, 5.74) is -0.720. The molecule has 0 saturated heterocycles. The molecule has 0 aromatic rings. The van der Waals surface area contributed by atoms with Crippen LogP contribution in [0.25, 0.3) is 0 Å². The first-order valence-corrected chi connectivity index (χ1v) is 5.61. The molecule has 0 aromatic carbocycles. The Morgan fingerprint density at radius 1 is 1.31 bits per heavy atom. The molecule has 0 aromatic heterocycles. The fraction of sp³-hybridized carbons (Fsp3) is 0.818. The molecule has 0 aliphatic heterocycles. The van der Waals surface area contributed by atoms with E-state index in [0.717, 1.165) is 12.8 Å². The van der Waals surface area contributed by atoms with Gasteiger partial charge in [0.2, 0.25) is 5.91 Å². The molecule has 2 N–H and O–H groups in total. The SMILES string of the molecule is CN(C)CC(=O)NCC1(C(=O)O)CCCC1. The predicted molar refractivity (Wildman–Crippen MR) is 60.1 cm³/mol. The van der Waals surface area contributed by atoms with E-state index in [1.54, 1.807) is 4.90 Å². The van der Waals surface area contributed by atoms with E-state index in [1.807, 2.05) is 14.1 Å². The van der Waals surface area contributed by atoms with E-state index in [9.17, 15) is 14.7 Å². The van der Waals surface area contributed by atoms with Gasteiger partial charge in [-0.05, 0) is 26.9 Å². The highest BCUT2D eigenvalue weighted by atomic mass is 16.4. The van der Waals surface area contributed by atoms with Gasteiger partial charge in [-0.3, -0.25) is 9.59 Å². The van der Waals surface area contributed by atoms with Crippen LogP contribution in [0, 0.1) is 5.41 Å². The summed E-state index contributed by atoms with van der Waals surface area (Å²) < 4.78 is 0. The van der Waals surface area contributed by atoms with Gasteiger partial charge in [-0.25, -0.2) is 0 Å². The summed E-state index contributed by atoms with van der Waals surface area (Å²) in [7, 11) is 3.62. The van der Waals surface area contributed by atoms with E-state index >= 15 is 0 Å². The number of nitrogens with zero attached hydrogens (tertiary/aromatic N) is 1. The summed E-state index contributed by atoms with van der Waals surface area (Å²) in [4.78, 5) is 24.4. The molecule has 5 nitrogen and oxygen atoms in total. The number of carbonyl (C=O) groups is 2. The van der Waals surface area contributed by atoms with Gasteiger partial charge in [-0.1, -0.05) is 12.8 Å². The molecule has 5 heteroatoms. The maximum atomic E-state index is 11.4. The molecule has 16 heavy (non-hydrogen) atoms. The molecule has 0 heterocycles. The van der Waals surface area contributed by atoms with Crippen LogP contribution >= 0.6 is 0 Å². The third-order valence-corrected chi connectivity index (χ3v) is 3.10. The average Bonchev–Trinajstić information content (AvgIpc) is 2.63. The second-order valence-corrected chi connectivity index (χ2v) is 4.81. The van der Waals surface area contributed by atoms with Crippen molar-refractivity contribution in [2.24, 2.45) is 5.41 Å². The predicted octanol–water partition coefficient (Wildman–Crippen LogP) is 0.309. The van der Waals surface area contributed by atoms with Gasteiger partial charge >= 0.3 is 5.97 Å². The molecule has 1 aliphatic carbocycles. The molecule has 0 atom stereocenters. The van der Waals surface area contributed by atoms with Crippen LogP contribution < -0.4 is 5.32 Å². The lowest BCUT2D eigenvalue weighted by atomic mass is 9.86. The number of carboxylic acids is 1. The van der Waals surface area contributed by atoms with Crippen LogP contribution in [0.3, 0.4) is 0 Å². The van der Waals surface area contributed by atoms with Gasteiger partial charge in [0.15, 0.2) is 0 Å². The van der Waals surface area contributed by atoms with Crippen LogP contribution in [0.15, 0.2) is 0 Å². The number of carbonyl (C=O) groups excluding carboxylic acids is 1. The number of nitrogens with one attached hydrogen (secondary N) is 1. The van der Waals surface area contributed by atoms with Crippen molar-refractivity contribution in [3.63, 3.8) is 0 Å². The Balaban J connectivity index is 2.45. The second-order valence-electron chi connectivity index (χ2n) is 4.81. The van der Waals surface area contributed by atoms with Gasteiger partial charge in [0, 0.05) is 6.54 Å². The second kappa shape index (κ2) is 5.30. The van der Waals surface area contributed by atoms with Gasteiger partial charge in [-0.2, -0.15) is 0 Å². The molecule has 0 unspecified atom stereocenters. The maximum absolute atomic E-state index is 11.4. The van der Waals surface area contributed by atoms with Gasteiger partial charge < -0.3 is 15.3 Å². The van der Waals surface area contributed by atoms with E-state index in [0.29, 0.717) is 19.4 Å². The fourth-order valence-corrected chi connectivity index (χ4v) is 2.13. The minimum absolute atomic E-state index is 0.113. The van der Waals surface area contributed by atoms with Crippen molar-refractivity contribution in [1.29, 1.82) is 0 Å². The quantitative estimate of drug-likeness (QED) is 0.710. The van der Waals surface area contributed by atoms with Crippen LogP contribution in [0.2, 0.25) is 0 Å². The van der Waals surface area contributed by atoms with E-state index in [-0.39, 0.29) is 12.5 Å². The third kappa shape index (κ3) is 3.20. The molecule has 0 radical (unpaired) electrons. The number of rotatable bonds is 5. The van der Waals surface area contributed by atoms with Crippen molar-refractivity contribution in [2.75, 3.05) is 27.2 Å². The Bertz CT molecular complexity index is 270. The number of amides is 1. The molecular formula is C11H20N2O3. The summed E-state index contributed by atoms with van der Waals surface area (Å²) in [6.07, 6.45) is 3.22. The lowest BCUT2D eigenvalue weighted by molar-refractivity contribution is -0.148. The molecular weight excluding hydrogens is 208 g/mol. The smallest absolute Gasteiger partial charge is 0.311 e. The van der Waals surface area contributed by atoms with Crippen LogP contribution in [0.5, 0.6) is 0 Å². The highest BCUT2D eigenvalue weighted by Crippen LogP contribution is 2.37. The van der Waals surface area contributed by atoms with Crippen LogP contribution in [0.4, 0.5) is 0 Å². The molecule has 1 aliphatic rings. The monoisotopic (exact) mass is 228 g/mol. The first kappa shape index (κ1) is 13.0. The average molecular weight is 228 g/mol. The largest absolute Gasteiger partial charge is 0.481 e. The summed E-state index contributed by atoms with van der Waals surface area (Å²) in [5.74, 6) is -0.896. The van der Waals surface area contributed by atoms with E-state index < -0.39 is 11.4 Å². The highest BCUT2D eigenvalue weighted by Gasteiger charge is 2.41. The molecule has 1 saturated carbocycles. The van der Waals surface area contributed by atoms with Gasteiger partial charge in [0.05, 0.1) is 12.0 Å². The van der Waals surface area contributed by atoms with Gasteiger partial charge in [-0.15, -0.1) is 0 Å². The molecule has 1 fully saturated rings. The summed E-state index contributed by atoms with van der Waals surface area (Å²) in [6, 6.07) is 0. The lowest BCUT2D eigenvalue weighted by Crippen LogP contribution is -2.43. The van der Waals surface area contributed by atoms with Gasteiger partial charge in [0.25, 0.3) is 0 Å². The van der Waals surface area contributed by atoms with Crippen molar-refractivity contribution >= 4 is 11.9 Å². The van der Waals surface area contributed by atoms with E-state index in [2.05, 4.69) is 5.32 Å². The summed E-state index contributed by atoms with van der Waals surface area (Å²) >= 11 is 0. The highest BCUT2D eigenvalue weighted by molar-refractivity contribution is 5.80. The first-order chi connectivity index (χ1) is 7.46. The fourth-order valence-electron chi connectivity index (χ4n) is 2.13. The van der Waals surface area contributed by atoms with Crippen LogP contribution in [0.1, 0.15) is 25.7 Å². The zero-order valence-corrected chi connectivity index (χ0v) is 9.95. The van der Waals surface area contributed by atoms with Gasteiger partial charge in [0.1, 0.15) is 0 Å². The van der Waals surface area contributed by atoms with Crippen molar-refractivity contribution in [1.82, 2.24) is 10.2 Å². The van der Waals surface area contributed by atoms with Crippen molar-refractivity contribution in [3.05, 3.63) is 0 Å². The first-order valence-electron chi connectivity index (χ1n) is 5.61. The third-order valence-electron chi connectivity index (χ3n) is 3.10. The Morgan fingerprint density at radius 3 is 2.31 bits per heavy atom. The van der Waals surface area contributed by atoms with E-state index in [1.165, 1.54) is 0 Å². The molecule has 1 amide bonds. The van der Waals surface area contributed by atoms with Crippen LogP contribution in [-0.2, 0) is 9.59 Å². The van der Waals surface area contributed by atoms with Crippen LogP contribution in [-0.4, -0.2) is 49.1 Å². The minimum atomic E-state index is -0.782. The lowest BCUT2D eigenvalue weighted by Gasteiger charge is -2.24. The van der Waals surface area contributed by atoms with Crippen molar-refractivity contribution < 1.29 is 14.7 Å². The van der Waals surface area contributed by atoms with Crippen molar-refractivity contribution in [3.8, 4) is 0 Å². The zero-order chi connectivity index (χ0) is 12.2. The summed E-state index contributed by atoms with van der Waals surface area (Å²) in [5, 5.41) is 11.9. The number of carboxylic acid groups (broad SMARTS) is 1. The number of hydrogen-bond donors (Lipinski definition) is 2. The van der Waals surface area contributed by atoms with E-state index in [4.69, 9.17) is 0 Å². The molecule has 0 spiro atoms. The maximum Gasteiger partial charge on any atom is 0.311 e. The number of aliphatic carboxylic acids is 1. The topological polar surface area (TPSA) is 69.6 Å². The Morgan fingerprint density at radius 2 is 1.88 bits per heavy atom. The normalized spacial score (nSPS) is 18.7. The summed E-state index contributed by atoms with van der Waals surface area (Å²) in [6.45, 7) is 0.560. The number of hydrogen-bond acceptors (Lipinski definition) is 3.